The zero-order valence-corrected chi connectivity index (χ0v) is 16.0. The third-order valence-electron chi connectivity index (χ3n) is 4.72. The van der Waals surface area contributed by atoms with Crippen LogP contribution < -0.4 is 16.0 Å². The fourth-order valence-electron chi connectivity index (χ4n) is 3.44. The van der Waals surface area contributed by atoms with Gasteiger partial charge in [0.1, 0.15) is 11.5 Å². The molecule has 3 heterocycles. The molecule has 0 aliphatic heterocycles. The number of ether oxygens (including phenoxy) is 1. The molecular weight excluding hydrogens is 362 g/mol. The quantitative estimate of drug-likeness (QED) is 0.527. The SMILES string of the molecule is COc1cccc(-n2c(C)cn3c4c(=O)n(CC(C)=O)c(=O)n(C)c4nc23)c1. The summed E-state index contributed by atoms with van der Waals surface area (Å²) in [7, 11) is 3.13. The maximum Gasteiger partial charge on any atom is 0.332 e. The Balaban J connectivity index is 2.11. The van der Waals surface area contributed by atoms with Crippen molar-refractivity contribution in [3.05, 3.63) is 57.0 Å². The van der Waals surface area contributed by atoms with E-state index in [-0.39, 0.29) is 23.5 Å². The van der Waals surface area contributed by atoms with Gasteiger partial charge in [-0.25, -0.2) is 4.79 Å². The summed E-state index contributed by atoms with van der Waals surface area (Å²) < 4.78 is 11.1. The summed E-state index contributed by atoms with van der Waals surface area (Å²) >= 11 is 0. The molecule has 0 atom stereocenters. The van der Waals surface area contributed by atoms with Gasteiger partial charge in [0.05, 0.1) is 19.3 Å². The van der Waals surface area contributed by atoms with Crippen LogP contribution in [0.15, 0.2) is 40.1 Å². The van der Waals surface area contributed by atoms with E-state index in [4.69, 9.17) is 4.74 Å². The minimum Gasteiger partial charge on any atom is -0.497 e. The second-order valence-corrected chi connectivity index (χ2v) is 6.70. The second kappa shape index (κ2) is 6.22. The maximum atomic E-state index is 13.0. The first-order valence-electron chi connectivity index (χ1n) is 8.67. The summed E-state index contributed by atoms with van der Waals surface area (Å²) in [5, 5.41) is 0. The molecule has 0 fully saturated rings. The highest BCUT2D eigenvalue weighted by Crippen LogP contribution is 2.23. The number of fused-ring (bicyclic) bond motifs is 3. The number of aromatic nitrogens is 5. The first-order valence-corrected chi connectivity index (χ1v) is 8.67. The molecule has 0 saturated carbocycles. The average Bonchev–Trinajstić information content (AvgIpc) is 3.17. The Kier molecular flexibility index (Phi) is 3.95. The molecule has 3 aromatic heterocycles. The number of methoxy groups -OCH3 is 1. The first-order chi connectivity index (χ1) is 13.3. The molecule has 0 spiro atoms. The Bertz CT molecular complexity index is 1370. The highest BCUT2D eigenvalue weighted by molar-refractivity contribution is 5.78. The van der Waals surface area contributed by atoms with Crippen molar-refractivity contribution in [2.24, 2.45) is 7.05 Å². The molecule has 4 aromatic rings. The van der Waals surface area contributed by atoms with Crippen molar-refractivity contribution in [2.75, 3.05) is 7.11 Å². The Hall–Kier alpha value is -3.62. The summed E-state index contributed by atoms with van der Waals surface area (Å²) in [6, 6.07) is 7.47. The summed E-state index contributed by atoms with van der Waals surface area (Å²) in [6.45, 7) is 2.96. The number of imidazole rings is 2. The number of carbonyl (C=O) groups is 1. The van der Waals surface area contributed by atoms with Gasteiger partial charge in [-0.1, -0.05) is 6.07 Å². The number of Topliss-reactive ketones (excluding diaryl/α,β-unsaturated/α-hetero) is 1. The first kappa shape index (κ1) is 17.8. The third-order valence-corrected chi connectivity index (χ3v) is 4.72. The van der Waals surface area contributed by atoms with Crippen LogP contribution in [0, 0.1) is 6.92 Å². The number of carbonyl (C=O) groups excluding carboxylic acids is 1. The van der Waals surface area contributed by atoms with E-state index in [0.29, 0.717) is 11.5 Å². The Labute approximate surface area is 159 Å². The van der Waals surface area contributed by atoms with Gasteiger partial charge in [0.2, 0.25) is 5.78 Å². The van der Waals surface area contributed by atoms with Crippen LogP contribution in [0.1, 0.15) is 12.6 Å². The predicted octanol–water partition coefficient (Wildman–Crippen LogP) is 1.04. The van der Waals surface area contributed by atoms with E-state index in [1.165, 1.54) is 18.5 Å². The van der Waals surface area contributed by atoms with Gasteiger partial charge < -0.3 is 4.74 Å². The topological polar surface area (TPSA) is 92.5 Å². The molecule has 0 saturated heterocycles. The van der Waals surface area contributed by atoms with Gasteiger partial charge in [-0.3, -0.25) is 27.7 Å². The average molecular weight is 381 g/mol. The lowest BCUT2D eigenvalue weighted by molar-refractivity contribution is -0.117. The van der Waals surface area contributed by atoms with Crippen LogP contribution in [0.25, 0.3) is 22.6 Å². The molecule has 9 heteroatoms. The molecule has 0 aliphatic rings. The second-order valence-electron chi connectivity index (χ2n) is 6.70. The number of rotatable bonds is 4. The van der Waals surface area contributed by atoms with E-state index in [1.54, 1.807) is 17.7 Å². The standard InChI is InChI=1S/C19H19N5O4/c1-11-9-22-15-16(21(3)19(27)23(17(15)26)10-12(2)25)20-18(22)24(11)13-6-5-7-14(8-13)28-4/h5-9H,10H2,1-4H3. The molecule has 28 heavy (non-hydrogen) atoms. The van der Waals surface area contributed by atoms with Crippen molar-refractivity contribution in [1.29, 1.82) is 0 Å². The van der Waals surface area contributed by atoms with Crippen LogP contribution >= 0.6 is 0 Å². The van der Waals surface area contributed by atoms with Gasteiger partial charge in [-0.05, 0) is 26.0 Å². The van der Waals surface area contributed by atoms with E-state index in [1.807, 2.05) is 35.8 Å². The maximum absolute atomic E-state index is 13.0. The predicted molar refractivity (Wildman–Crippen MR) is 103 cm³/mol. The molecule has 0 unspecified atom stereocenters. The fraction of sp³-hybridized carbons (Fsp3) is 0.263. The van der Waals surface area contributed by atoms with Crippen LogP contribution in [0.5, 0.6) is 5.75 Å². The smallest absolute Gasteiger partial charge is 0.332 e. The molecule has 1 aromatic carbocycles. The van der Waals surface area contributed by atoms with Crippen molar-refractivity contribution in [3.63, 3.8) is 0 Å². The Morgan fingerprint density at radius 3 is 2.68 bits per heavy atom. The van der Waals surface area contributed by atoms with Crippen molar-refractivity contribution < 1.29 is 9.53 Å². The minimum absolute atomic E-state index is 0.253. The van der Waals surface area contributed by atoms with Crippen LogP contribution in [-0.2, 0) is 18.4 Å². The summed E-state index contributed by atoms with van der Waals surface area (Å²) in [6.07, 6.45) is 1.79. The molecule has 144 valence electrons. The summed E-state index contributed by atoms with van der Waals surface area (Å²) in [5.74, 6) is 0.911. The van der Waals surface area contributed by atoms with E-state index in [9.17, 15) is 14.4 Å². The number of nitrogens with zero attached hydrogens (tertiary/aromatic N) is 5. The normalized spacial score (nSPS) is 11.4. The summed E-state index contributed by atoms with van der Waals surface area (Å²) in [5.41, 5.74) is 1.08. The number of aryl methyl sites for hydroxylation is 2. The molecular formula is C19H19N5O4. The molecule has 0 amide bonds. The van der Waals surface area contributed by atoms with Gasteiger partial charge in [-0.2, -0.15) is 4.98 Å². The van der Waals surface area contributed by atoms with E-state index in [2.05, 4.69) is 4.98 Å². The van der Waals surface area contributed by atoms with Crippen molar-refractivity contribution >= 4 is 22.7 Å². The molecule has 0 N–H and O–H groups in total. The van der Waals surface area contributed by atoms with Crippen LogP contribution in [0.2, 0.25) is 0 Å². The number of ketones is 1. The van der Waals surface area contributed by atoms with E-state index >= 15 is 0 Å². The third kappa shape index (κ3) is 2.47. The summed E-state index contributed by atoms with van der Waals surface area (Å²) in [4.78, 5) is 41.6. The van der Waals surface area contributed by atoms with Crippen molar-refractivity contribution in [2.45, 2.75) is 20.4 Å². The lowest BCUT2D eigenvalue weighted by atomic mass is 10.3. The Morgan fingerprint density at radius 1 is 1.25 bits per heavy atom. The van der Waals surface area contributed by atoms with Crippen molar-refractivity contribution in [1.82, 2.24) is 23.1 Å². The molecule has 0 aliphatic carbocycles. The van der Waals surface area contributed by atoms with Crippen LogP contribution in [0.4, 0.5) is 0 Å². The Morgan fingerprint density at radius 2 is 2.00 bits per heavy atom. The van der Waals surface area contributed by atoms with Gasteiger partial charge in [0, 0.05) is 25.0 Å². The minimum atomic E-state index is -0.571. The lowest BCUT2D eigenvalue weighted by Crippen LogP contribution is -2.40. The monoisotopic (exact) mass is 381 g/mol. The van der Waals surface area contributed by atoms with Crippen LogP contribution in [-0.4, -0.2) is 36.0 Å². The van der Waals surface area contributed by atoms with Gasteiger partial charge in [0.25, 0.3) is 5.56 Å². The molecule has 4 rings (SSSR count). The fourth-order valence-corrected chi connectivity index (χ4v) is 3.44. The lowest BCUT2D eigenvalue weighted by Gasteiger charge is -2.07. The highest BCUT2D eigenvalue weighted by atomic mass is 16.5. The van der Waals surface area contributed by atoms with Gasteiger partial charge >= 0.3 is 5.69 Å². The molecule has 0 bridgehead atoms. The number of benzene rings is 1. The number of hydrogen-bond acceptors (Lipinski definition) is 5. The van der Waals surface area contributed by atoms with Gasteiger partial charge in [0.15, 0.2) is 11.2 Å². The molecule has 9 nitrogen and oxygen atoms in total. The zero-order chi connectivity index (χ0) is 20.2. The highest BCUT2D eigenvalue weighted by Gasteiger charge is 2.21. The number of hydrogen-bond donors (Lipinski definition) is 0. The largest absolute Gasteiger partial charge is 0.497 e. The molecule has 0 radical (unpaired) electrons. The van der Waals surface area contributed by atoms with Crippen LogP contribution in [0.3, 0.4) is 0 Å². The van der Waals surface area contributed by atoms with E-state index in [0.717, 1.165) is 15.9 Å². The van der Waals surface area contributed by atoms with Crippen molar-refractivity contribution in [3.8, 4) is 11.4 Å². The van der Waals surface area contributed by atoms with E-state index < -0.39 is 11.2 Å². The zero-order valence-electron chi connectivity index (χ0n) is 16.0. The van der Waals surface area contributed by atoms with Gasteiger partial charge in [-0.15, -0.1) is 0 Å².